The van der Waals surface area contributed by atoms with Crippen molar-refractivity contribution in [2.75, 3.05) is 11.9 Å². The second-order valence-corrected chi connectivity index (χ2v) is 7.59. The summed E-state index contributed by atoms with van der Waals surface area (Å²) >= 11 is 1.19. The van der Waals surface area contributed by atoms with Crippen molar-refractivity contribution in [1.82, 2.24) is 19.7 Å². The van der Waals surface area contributed by atoms with E-state index in [1.165, 1.54) is 28.7 Å². The van der Waals surface area contributed by atoms with Gasteiger partial charge in [-0.15, -0.1) is 0 Å². The van der Waals surface area contributed by atoms with E-state index in [2.05, 4.69) is 27.3 Å². The summed E-state index contributed by atoms with van der Waals surface area (Å²) in [6, 6.07) is 1.49. The topological polar surface area (TPSA) is 119 Å². The largest absolute Gasteiger partial charge is 0.462 e. The molecule has 0 aromatic carbocycles. The molecule has 1 amide bonds. The Morgan fingerprint density at radius 3 is 2.76 bits per heavy atom. The second kappa shape index (κ2) is 10.8. The summed E-state index contributed by atoms with van der Waals surface area (Å²) in [5.41, 5.74) is 0.667. The van der Waals surface area contributed by atoms with Gasteiger partial charge in [0.15, 0.2) is 5.16 Å². The van der Waals surface area contributed by atoms with Crippen LogP contribution in [-0.4, -0.2) is 43.5 Å². The minimum absolute atomic E-state index is 0.190. The minimum atomic E-state index is -0.550. The van der Waals surface area contributed by atoms with Gasteiger partial charge in [0.1, 0.15) is 11.4 Å². The molecule has 0 spiro atoms. The molecule has 0 bridgehead atoms. The number of amides is 1. The molecular weight excluding hydrogens is 394 g/mol. The molecule has 29 heavy (non-hydrogen) atoms. The van der Waals surface area contributed by atoms with E-state index in [0.717, 1.165) is 19.3 Å². The Kier molecular flexibility index (Phi) is 8.44. The number of carbonyl (C=O) groups is 2. The normalized spacial score (nSPS) is 11.9. The van der Waals surface area contributed by atoms with Crippen molar-refractivity contribution in [3.8, 4) is 0 Å². The maximum Gasteiger partial charge on any atom is 0.343 e. The summed E-state index contributed by atoms with van der Waals surface area (Å²) in [6.07, 6.45) is 4.53. The van der Waals surface area contributed by atoms with E-state index in [4.69, 9.17) is 4.74 Å². The Balaban J connectivity index is 2.16. The fourth-order valence-electron chi connectivity index (χ4n) is 2.62. The highest BCUT2D eigenvalue weighted by atomic mass is 32.2. The monoisotopic (exact) mass is 421 g/mol. The first-order valence-electron chi connectivity index (χ1n) is 9.66. The van der Waals surface area contributed by atoms with Crippen LogP contribution in [0.3, 0.4) is 0 Å². The van der Waals surface area contributed by atoms with Crippen LogP contribution in [0, 0.1) is 0 Å². The Morgan fingerprint density at radius 2 is 2.10 bits per heavy atom. The van der Waals surface area contributed by atoms with E-state index in [-0.39, 0.29) is 29.5 Å². The number of thioether (sulfide) groups is 1. The SMILES string of the molecule is CCCCc1cc(=O)[nH]c(SC(CC)C(=O)Nc2c(C(=O)OCC)cnn2C)n1. The quantitative estimate of drug-likeness (QED) is 0.344. The summed E-state index contributed by atoms with van der Waals surface area (Å²) in [7, 11) is 1.63. The molecule has 9 nitrogen and oxygen atoms in total. The third-order valence-corrected chi connectivity index (χ3v) is 5.40. The smallest absolute Gasteiger partial charge is 0.343 e. The lowest BCUT2D eigenvalue weighted by Gasteiger charge is -2.15. The molecule has 1 unspecified atom stereocenters. The van der Waals surface area contributed by atoms with Gasteiger partial charge in [-0.3, -0.25) is 14.3 Å². The summed E-state index contributed by atoms with van der Waals surface area (Å²) < 4.78 is 6.42. The van der Waals surface area contributed by atoms with E-state index in [9.17, 15) is 14.4 Å². The van der Waals surface area contributed by atoms with Crippen LogP contribution in [0.15, 0.2) is 22.2 Å². The number of aryl methyl sites for hydroxylation is 2. The maximum absolute atomic E-state index is 12.8. The average Bonchev–Trinajstić information content (AvgIpc) is 3.04. The standard InChI is InChI=1S/C19H27N5O4S/c1-5-8-9-12-10-15(25)22-19(21-12)29-14(6-2)17(26)23-16-13(11-20-24(16)4)18(27)28-7-3/h10-11,14H,5-9H2,1-4H3,(H,23,26)(H,21,22,25). The van der Waals surface area contributed by atoms with Gasteiger partial charge in [-0.1, -0.05) is 32.0 Å². The van der Waals surface area contributed by atoms with Crippen molar-refractivity contribution in [2.24, 2.45) is 7.05 Å². The Hall–Kier alpha value is -2.62. The Bertz CT molecular complexity index is 908. The number of nitrogens with one attached hydrogen (secondary N) is 2. The molecule has 0 saturated heterocycles. The van der Waals surface area contributed by atoms with Crippen LogP contribution in [0.4, 0.5) is 5.82 Å². The lowest BCUT2D eigenvalue weighted by Crippen LogP contribution is -2.27. The number of rotatable bonds is 10. The fraction of sp³-hybridized carbons (Fsp3) is 0.526. The number of esters is 1. The van der Waals surface area contributed by atoms with E-state index in [1.54, 1.807) is 14.0 Å². The molecule has 0 aliphatic heterocycles. The van der Waals surface area contributed by atoms with Gasteiger partial charge in [-0.05, 0) is 26.2 Å². The zero-order valence-corrected chi connectivity index (χ0v) is 18.0. The van der Waals surface area contributed by atoms with Crippen molar-refractivity contribution in [1.29, 1.82) is 0 Å². The van der Waals surface area contributed by atoms with Crippen molar-refractivity contribution < 1.29 is 14.3 Å². The molecule has 0 saturated carbocycles. The van der Waals surface area contributed by atoms with E-state index < -0.39 is 11.2 Å². The van der Waals surface area contributed by atoms with Crippen LogP contribution in [0.1, 0.15) is 56.1 Å². The molecule has 0 fully saturated rings. The van der Waals surface area contributed by atoms with Gasteiger partial charge < -0.3 is 15.0 Å². The number of H-pyrrole nitrogens is 1. The third-order valence-electron chi connectivity index (χ3n) is 4.15. The Morgan fingerprint density at radius 1 is 1.34 bits per heavy atom. The number of aromatic nitrogens is 4. The predicted octanol–water partition coefficient (Wildman–Crippen LogP) is 2.53. The highest BCUT2D eigenvalue weighted by Gasteiger charge is 2.24. The van der Waals surface area contributed by atoms with Gasteiger partial charge in [0.05, 0.1) is 18.1 Å². The number of nitrogens with zero attached hydrogens (tertiary/aromatic N) is 3. The fourth-order valence-corrected chi connectivity index (χ4v) is 3.56. The first-order chi connectivity index (χ1) is 13.9. The molecule has 0 aliphatic rings. The number of ether oxygens (including phenoxy) is 1. The van der Waals surface area contributed by atoms with Gasteiger partial charge in [-0.2, -0.15) is 5.10 Å². The van der Waals surface area contributed by atoms with Crippen LogP contribution >= 0.6 is 11.8 Å². The van der Waals surface area contributed by atoms with Crippen LogP contribution in [0.5, 0.6) is 0 Å². The third kappa shape index (κ3) is 6.18. The molecule has 2 aromatic heterocycles. The molecule has 2 N–H and O–H groups in total. The number of hydrogen-bond donors (Lipinski definition) is 2. The van der Waals surface area contributed by atoms with Crippen molar-refractivity contribution >= 4 is 29.5 Å². The maximum atomic E-state index is 12.8. The molecule has 0 radical (unpaired) electrons. The molecule has 158 valence electrons. The highest BCUT2D eigenvalue weighted by molar-refractivity contribution is 8.00. The van der Waals surface area contributed by atoms with E-state index >= 15 is 0 Å². The van der Waals surface area contributed by atoms with Crippen molar-refractivity contribution in [3.63, 3.8) is 0 Å². The Labute approximate surface area is 173 Å². The molecular formula is C19H27N5O4S. The van der Waals surface area contributed by atoms with Gasteiger partial charge in [0.25, 0.3) is 5.56 Å². The van der Waals surface area contributed by atoms with Crippen LogP contribution < -0.4 is 10.9 Å². The first-order valence-corrected chi connectivity index (χ1v) is 10.5. The van der Waals surface area contributed by atoms with Crippen LogP contribution in [-0.2, 0) is 23.0 Å². The summed E-state index contributed by atoms with van der Waals surface area (Å²) in [5, 5.41) is 6.68. The van der Waals surface area contributed by atoms with Gasteiger partial charge >= 0.3 is 5.97 Å². The summed E-state index contributed by atoms with van der Waals surface area (Å²) in [5.74, 6) is -0.592. The molecule has 1 atom stereocenters. The number of carbonyl (C=O) groups excluding carboxylic acids is 2. The zero-order chi connectivity index (χ0) is 21.4. The lowest BCUT2D eigenvalue weighted by molar-refractivity contribution is -0.115. The van der Waals surface area contributed by atoms with Crippen molar-refractivity contribution in [2.45, 2.75) is 56.9 Å². The predicted molar refractivity (Wildman–Crippen MR) is 111 cm³/mol. The molecule has 2 aromatic rings. The lowest BCUT2D eigenvalue weighted by atomic mass is 10.2. The van der Waals surface area contributed by atoms with Crippen LogP contribution in [0.2, 0.25) is 0 Å². The van der Waals surface area contributed by atoms with Gasteiger partial charge in [0.2, 0.25) is 5.91 Å². The second-order valence-electron chi connectivity index (χ2n) is 6.40. The summed E-state index contributed by atoms with van der Waals surface area (Å²) in [4.78, 5) is 44.0. The zero-order valence-electron chi connectivity index (χ0n) is 17.2. The van der Waals surface area contributed by atoms with Gasteiger partial charge in [0, 0.05) is 18.8 Å². The highest BCUT2D eigenvalue weighted by Crippen LogP contribution is 2.24. The first kappa shape index (κ1) is 22.7. The van der Waals surface area contributed by atoms with Gasteiger partial charge in [-0.25, -0.2) is 9.78 Å². The molecule has 10 heteroatoms. The summed E-state index contributed by atoms with van der Waals surface area (Å²) in [6.45, 7) is 5.87. The van der Waals surface area contributed by atoms with E-state index in [1.807, 2.05) is 6.92 Å². The van der Waals surface area contributed by atoms with E-state index in [0.29, 0.717) is 17.3 Å². The molecule has 0 aliphatic carbocycles. The number of hydrogen-bond acceptors (Lipinski definition) is 7. The minimum Gasteiger partial charge on any atom is -0.462 e. The van der Waals surface area contributed by atoms with Crippen LogP contribution in [0.25, 0.3) is 0 Å². The number of anilines is 1. The molecule has 2 rings (SSSR count). The van der Waals surface area contributed by atoms with Crippen molar-refractivity contribution in [3.05, 3.63) is 33.9 Å². The number of unbranched alkanes of at least 4 members (excludes halogenated alkanes) is 1. The number of aromatic amines is 1. The molecule has 2 heterocycles. The average molecular weight is 422 g/mol.